The lowest BCUT2D eigenvalue weighted by Crippen LogP contribution is -2.34. The predicted molar refractivity (Wildman–Crippen MR) is 58.5 cm³/mol. The van der Waals surface area contributed by atoms with Gasteiger partial charge in [-0.3, -0.25) is 4.79 Å². The van der Waals surface area contributed by atoms with Crippen molar-refractivity contribution in [3.63, 3.8) is 0 Å². The average molecular weight is 221 g/mol. The van der Waals surface area contributed by atoms with Crippen LogP contribution in [0.5, 0.6) is 5.75 Å². The van der Waals surface area contributed by atoms with Crippen LogP contribution in [0.1, 0.15) is 36.2 Å². The van der Waals surface area contributed by atoms with Crippen molar-refractivity contribution in [2.45, 2.75) is 37.9 Å². The maximum atomic E-state index is 10.4. The molecule has 86 valence electrons. The van der Waals surface area contributed by atoms with Crippen molar-refractivity contribution in [2.75, 3.05) is 0 Å². The van der Waals surface area contributed by atoms with Gasteiger partial charge in [-0.15, -0.1) is 0 Å². The fraction of sp³-hybridized carbons (Fsp3) is 0.500. The van der Waals surface area contributed by atoms with Crippen molar-refractivity contribution in [1.82, 2.24) is 4.98 Å². The molecule has 1 saturated carbocycles. The summed E-state index contributed by atoms with van der Waals surface area (Å²) in [6, 6.07) is 3.32. The number of nitrogens with zero attached hydrogens (tertiary/aromatic N) is 1. The average Bonchev–Trinajstić information content (AvgIpc) is 2.33. The van der Waals surface area contributed by atoms with Crippen LogP contribution in [0.25, 0.3) is 0 Å². The fourth-order valence-electron chi connectivity index (χ4n) is 1.92. The Bertz CT molecular complexity index is 350. The molecule has 1 aliphatic rings. The highest BCUT2D eigenvalue weighted by Gasteiger charge is 2.24. The van der Waals surface area contributed by atoms with Crippen molar-refractivity contribution in [1.29, 1.82) is 0 Å². The van der Waals surface area contributed by atoms with Crippen LogP contribution in [-0.4, -0.2) is 28.6 Å². The smallest absolute Gasteiger partial charge is 0.168 e. The highest BCUT2D eigenvalue weighted by Crippen LogP contribution is 2.23. The van der Waals surface area contributed by atoms with Gasteiger partial charge in [-0.1, -0.05) is 6.42 Å². The fourth-order valence-corrected chi connectivity index (χ4v) is 1.92. The molecule has 1 aromatic rings. The second-order valence-corrected chi connectivity index (χ2v) is 4.04. The number of aliphatic hydroxyl groups is 1. The molecule has 4 heteroatoms. The Morgan fingerprint density at radius 3 is 2.81 bits per heavy atom. The summed E-state index contributed by atoms with van der Waals surface area (Å²) in [6.45, 7) is 0. The summed E-state index contributed by atoms with van der Waals surface area (Å²) in [7, 11) is 0. The van der Waals surface area contributed by atoms with Gasteiger partial charge in [-0.25, -0.2) is 4.98 Å². The summed E-state index contributed by atoms with van der Waals surface area (Å²) in [6.07, 6.45) is 5.49. The van der Waals surface area contributed by atoms with Crippen LogP contribution >= 0.6 is 0 Å². The molecule has 2 atom stereocenters. The minimum Gasteiger partial charge on any atom is -0.486 e. The maximum Gasteiger partial charge on any atom is 0.168 e. The first kappa shape index (κ1) is 11.1. The van der Waals surface area contributed by atoms with E-state index in [4.69, 9.17) is 4.74 Å². The Labute approximate surface area is 94.3 Å². The van der Waals surface area contributed by atoms with E-state index in [-0.39, 0.29) is 12.2 Å². The molecule has 0 aromatic carbocycles. The van der Waals surface area contributed by atoms with Crippen molar-refractivity contribution < 1.29 is 14.6 Å². The number of aromatic nitrogens is 1. The summed E-state index contributed by atoms with van der Waals surface area (Å²) in [5, 5.41) is 9.73. The van der Waals surface area contributed by atoms with Crippen LogP contribution < -0.4 is 4.74 Å². The van der Waals surface area contributed by atoms with Crippen molar-refractivity contribution in [3.8, 4) is 5.75 Å². The largest absolute Gasteiger partial charge is 0.486 e. The lowest BCUT2D eigenvalue weighted by Gasteiger charge is -2.27. The van der Waals surface area contributed by atoms with Gasteiger partial charge in [0, 0.05) is 0 Å². The van der Waals surface area contributed by atoms with E-state index in [1.54, 1.807) is 12.1 Å². The Hall–Kier alpha value is -1.42. The molecule has 2 unspecified atom stereocenters. The maximum absolute atomic E-state index is 10.4. The first-order valence-electron chi connectivity index (χ1n) is 5.55. The Morgan fingerprint density at radius 1 is 1.38 bits per heavy atom. The number of hydrogen-bond acceptors (Lipinski definition) is 4. The summed E-state index contributed by atoms with van der Waals surface area (Å²) >= 11 is 0. The Balaban J connectivity index is 1.99. The molecular weight excluding hydrogens is 206 g/mol. The van der Waals surface area contributed by atoms with Crippen molar-refractivity contribution >= 4 is 6.29 Å². The number of aliphatic hydroxyl groups excluding tert-OH is 1. The number of hydrogen-bond donors (Lipinski definition) is 1. The molecule has 4 nitrogen and oxygen atoms in total. The molecule has 0 aliphatic heterocycles. The number of aldehydes is 1. The number of carbonyl (C=O) groups is 1. The van der Waals surface area contributed by atoms with Gasteiger partial charge in [0.25, 0.3) is 0 Å². The van der Waals surface area contributed by atoms with Crippen LogP contribution in [0.2, 0.25) is 0 Å². The van der Waals surface area contributed by atoms with Crippen molar-refractivity contribution in [2.24, 2.45) is 0 Å². The van der Waals surface area contributed by atoms with Gasteiger partial charge in [0.1, 0.15) is 17.5 Å². The number of ether oxygens (including phenoxy) is 1. The van der Waals surface area contributed by atoms with Crippen LogP contribution in [-0.2, 0) is 0 Å². The third-order valence-corrected chi connectivity index (χ3v) is 2.84. The molecule has 0 bridgehead atoms. The van der Waals surface area contributed by atoms with Gasteiger partial charge in [0.2, 0.25) is 0 Å². The van der Waals surface area contributed by atoms with Gasteiger partial charge < -0.3 is 9.84 Å². The van der Waals surface area contributed by atoms with E-state index in [0.717, 1.165) is 25.7 Å². The monoisotopic (exact) mass is 221 g/mol. The van der Waals surface area contributed by atoms with Gasteiger partial charge in [0.05, 0.1) is 12.3 Å². The normalized spacial score (nSPS) is 25.1. The van der Waals surface area contributed by atoms with E-state index in [2.05, 4.69) is 4.98 Å². The summed E-state index contributed by atoms with van der Waals surface area (Å²) in [5.41, 5.74) is 0.386. The molecule has 1 fully saturated rings. The zero-order chi connectivity index (χ0) is 11.4. The van der Waals surface area contributed by atoms with E-state index in [9.17, 15) is 9.90 Å². The summed E-state index contributed by atoms with van der Waals surface area (Å²) < 4.78 is 5.64. The van der Waals surface area contributed by atoms with Gasteiger partial charge >= 0.3 is 0 Å². The Kier molecular flexibility index (Phi) is 3.51. The first-order chi connectivity index (χ1) is 7.79. The highest BCUT2D eigenvalue weighted by atomic mass is 16.5. The second-order valence-electron chi connectivity index (χ2n) is 4.04. The van der Waals surface area contributed by atoms with Crippen LogP contribution in [0.4, 0.5) is 0 Å². The zero-order valence-corrected chi connectivity index (χ0v) is 9.00. The molecule has 1 N–H and O–H groups in total. The van der Waals surface area contributed by atoms with E-state index >= 15 is 0 Å². The van der Waals surface area contributed by atoms with Crippen LogP contribution in [0, 0.1) is 0 Å². The van der Waals surface area contributed by atoms with Gasteiger partial charge in [-0.2, -0.15) is 0 Å². The van der Waals surface area contributed by atoms with E-state index < -0.39 is 0 Å². The zero-order valence-electron chi connectivity index (χ0n) is 9.00. The number of rotatable bonds is 3. The summed E-state index contributed by atoms with van der Waals surface area (Å²) in [5.74, 6) is 0.608. The molecule has 0 amide bonds. The molecule has 0 spiro atoms. The second kappa shape index (κ2) is 5.07. The third-order valence-electron chi connectivity index (χ3n) is 2.84. The van der Waals surface area contributed by atoms with Crippen molar-refractivity contribution in [3.05, 3.63) is 24.0 Å². The van der Waals surface area contributed by atoms with Crippen LogP contribution in [0.3, 0.4) is 0 Å². The number of pyridine rings is 1. The van der Waals surface area contributed by atoms with Gasteiger partial charge in [-0.05, 0) is 31.4 Å². The SMILES string of the molecule is O=Cc1ccc(OC2CCCCC2O)cn1. The molecule has 0 saturated heterocycles. The molecular formula is C12H15NO3. The van der Waals surface area contributed by atoms with Crippen LogP contribution in [0.15, 0.2) is 18.3 Å². The van der Waals surface area contributed by atoms with E-state index in [1.165, 1.54) is 6.20 Å². The molecule has 1 aliphatic carbocycles. The topological polar surface area (TPSA) is 59.4 Å². The van der Waals surface area contributed by atoms with E-state index in [1.807, 2.05) is 0 Å². The number of carbonyl (C=O) groups excluding carboxylic acids is 1. The Morgan fingerprint density at radius 2 is 2.19 bits per heavy atom. The standard InChI is InChI=1S/C12H15NO3/c14-8-9-5-6-10(7-13-9)16-12-4-2-1-3-11(12)15/h5-8,11-12,15H,1-4H2. The molecule has 16 heavy (non-hydrogen) atoms. The van der Waals surface area contributed by atoms with E-state index in [0.29, 0.717) is 17.7 Å². The lowest BCUT2D eigenvalue weighted by molar-refractivity contribution is 0.00668. The lowest BCUT2D eigenvalue weighted by atomic mass is 9.95. The first-order valence-corrected chi connectivity index (χ1v) is 5.55. The molecule has 1 aromatic heterocycles. The quantitative estimate of drug-likeness (QED) is 0.787. The predicted octanol–water partition coefficient (Wildman–Crippen LogP) is 1.58. The highest BCUT2D eigenvalue weighted by molar-refractivity contribution is 5.71. The minimum absolute atomic E-state index is 0.141. The molecule has 0 radical (unpaired) electrons. The van der Waals surface area contributed by atoms with Gasteiger partial charge in [0.15, 0.2) is 6.29 Å². The molecule has 1 heterocycles. The molecule has 2 rings (SSSR count). The summed E-state index contributed by atoms with van der Waals surface area (Å²) in [4.78, 5) is 14.3. The minimum atomic E-state index is -0.389. The third kappa shape index (κ3) is 2.58.